The van der Waals surface area contributed by atoms with Crippen molar-refractivity contribution < 1.29 is 26.9 Å². The van der Waals surface area contributed by atoms with Crippen LogP contribution >= 0.6 is 11.6 Å². The van der Waals surface area contributed by atoms with Crippen molar-refractivity contribution in [1.82, 2.24) is 20.7 Å². The summed E-state index contributed by atoms with van der Waals surface area (Å²) in [4.78, 5) is 23.7. The zero-order valence-electron chi connectivity index (χ0n) is 15.1. The molecule has 1 aromatic heterocycles. The Bertz CT molecular complexity index is 1180. The van der Waals surface area contributed by atoms with E-state index in [4.69, 9.17) is 16.1 Å². The van der Waals surface area contributed by atoms with Crippen molar-refractivity contribution in [2.75, 3.05) is 0 Å². The average molecular weight is 453 g/mol. The first-order valence-corrected chi connectivity index (χ1v) is 10.2. The number of nitrogens with zero attached hydrogens (tertiary/aromatic N) is 1. The van der Waals surface area contributed by atoms with E-state index in [1.165, 1.54) is 6.07 Å². The van der Waals surface area contributed by atoms with Gasteiger partial charge in [0.15, 0.2) is 11.5 Å². The van der Waals surface area contributed by atoms with Crippen LogP contribution in [0.4, 0.5) is 4.39 Å². The third-order valence-electron chi connectivity index (χ3n) is 3.75. The molecule has 0 saturated carbocycles. The minimum atomic E-state index is -4.01. The van der Waals surface area contributed by atoms with Gasteiger partial charge in [-0.1, -0.05) is 35.0 Å². The van der Waals surface area contributed by atoms with Gasteiger partial charge in [0.2, 0.25) is 10.0 Å². The summed E-state index contributed by atoms with van der Waals surface area (Å²) in [5.41, 5.74) is 4.55. The monoisotopic (exact) mass is 452 g/mol. The number of aromatic nitrogens is 1. The van der Waals surface area contributed by atoms with Crippen LogP contribution in [0.5, 0.6) is 0 Å². The van der Waals surface area contributed by atoms with Crippen molar-refractivity contribution in [2.24, 2.45) is 0 Å². The molecule has 3 N–H and O–H groups in total. The molecular weight excluding hydrogens is 439 g/mol. The minimum Gasteiger partial charge on any atom is -0.359 e. The van der Waals surface area contributed by atoms with Gasteiger partial charge in [0, 0.05) is 11.6 Å². The Morgan fingerprint density at radius 2 is 1.73 bits per heavy atom. The molecule has 0 aliphatic carbocycles. The van der Waals surface area contributed by atoms with E-state index in [9.17, 15) is 22.4 Å². The van der Waals surface area contributed by atoms with Gasteiger partial charge in [-0.25, -0.2) is 17.5 Å². The smallest absolute Gasteiger partial charge is 0.291 e. The van der Waals surface area contributed by atoms with Gasteiger partial charge in [0.1, 0.15) is 5.82 Å². The second-order valence-electron chi connectivity index (χ2n) is 5.85. The third-order valence-corrected chi connectivity index (χ3v) is 5.44. The van der Waals surface area contributed by atoms with Gasteiger partial charge >= 0.3 is 0 Å². The van der Waals surface area contributed by atoms with Crippen molar-refractivity contribution >= 4 is 33.4 Å². The van der Waals surface area contributed by atoms with E-state index in [1.54, 1.807) is 30.3 Å². The number of carbonyl (C=O) groups excluding carboxylic acids is 2. The molecule has 0 aliphatic heterocycles. The van der Waals surface area contributed by atoms with Crippen molar-refractivity contribution in [3.8, 4) is 0 Å². The number of halogens is 2. The lowest BCUT2D eigenvalue weighted by atomic mass is 10.2. The number of carbonyl (C=O) groups is 2. The zero-order valence-corrected chi connectivity index (χ0v) is 16.6. The highest BCUT2D eigenvalue weighted by atomic mass is 35.5. The topological polar surface area (TPSA) is 130 Å². The van der Waals surface area contributed by atoms with Crippen molar-refractivity contribution in [3.05, 3.63) is 82.5 Å². The Kier molecular flexibility index (Phi) is 6.45. The second kappa shape index (κ2) is 9.03. The maximum Gasteiger partial charge on any atom is 0.291 e. The van der Waals surface area contributed by atoms with Gasteiger partial charge in [0.05, 0.1) is 16.5 Å². The second-order valence-corrected chi connectivity index (χ2v) is 8.03. The molecule has 2 amide bonds. The summed E-state index contributed by atoms with van der Waals surface area (Å²) >= 11 is 5.60. The molecule has 0 atom stereocenters. The highest BCUT2D eigenvalue weighted by Crippen LogP contribution is 2.19. The Morgan fingerprint density at radius 1 is 1.03 bits per heavy atom. The van der Waals surface area contributed by atoms with Crippen LogP contribution < -0.4 is 15.6 Å². The number of sulfonamides is 1. The summed E-state index contributed by atoms with van der Waals surface area (Å²) in [5.74, 6) is -2.01. The van der Waals surface area contributed by atoms with Crippen LogP contribution in [0.1, 0.15) is 26.6 Å². The minimum absolute atomic E-state index is 0.0336. The number of hydrazine groups is 1. The van der Waals surface area contributed by atoms with Crippen molar-refractivity contribution in [1.29, 1.82) is 0 Å². The molecule has 0 saturated heterocycles. The maximum absolute atomic E-state index is 13.2. The number of rotatable bonds is 6. The predicted molar refractivity (Wildman–Crippen MR) is 103 cm³/mol. The van der Waals surface area contributed by atoms with E-state index in [1.807, 2.05) is 0 Å². The van der Waals surface area contributed by atoms with Crippen molar-refractivity contribution in [3.63, 3.8) is 0 Å². The van der Waals surface area contributed by atoms with Gasteiger partial charge < -0.3 is 4.52 Å². The Balaban J connectivity index is 1.57. The number of hydrogen-bond acceptors (Lipinski definition) is 6. The van der Waals surface area contributed by atoms with E-state index in [-0.39, 0.29) is 27.9 Å². The lowest BCUT2D eigenvalue weighted by Crippen LogP contribution is -2.41. The molecule has 0 unspecified atom stereocenters. The number of nitrogens with one attached hydrogen (secondary N) is 3. The molecule has 0 fully saturated rings. The number of hydrogen-bond donors (Lipinski definition) is 3. The van der Waals surface area contributed by atoms with E-state index >= 15 is 0 Å². The molecule has 3 rings (SSSR count). The Hall–Kier alpha value is -3.28. The van der Waals surface area contributed by atoms with Crippen LogP contribution in [0.25, 0.3) is 0 Å². The van der Waals surface area contributed by atoms with Crippen LogP contribution in [-0.2, 0) is 16.6 Å². The Morgan fingerprint density at radius 3 is 2.43 bits per heavy atom. The summed E-state index contributed by atoms with van der Waals surface area (Å²) in [5, 5.41) is 3.18. The van der Waals surface area contributed by atoms with Crippen LogP contribution in [0.3, 0.4) is 0 Å². The standard InChI is InChI=1S/C18H14ClFN4O5S/c19-14-9-13(6-7-15(14)20)30(27,28)21-10-12-8-16(24-29-12)18(26)23-22-17(25)11-4-2-1-3-5-11/h1-9,21H,10H2,(H,22,25)(H,23,26). The van der Waals surface area contributed by atoms with Crippen LogP contribution in [-0.4, -0.2) is 25.4 Å². The van der Waals surface area contributed by atoms with Gasteiger partial charge in [-0.2, -0.15) is 0 Å². The highest BCUT2D eigenvalue weighted by Gasteiger charge is 2.18. The molecule has 0 radical (unpaired) electrons. The van der Waals surface area contributed by atoms with Crippen molar-refractivity contribution in [2.45, 2.75) is 11.4 Å². The third kappa shape index (κ3) is 5.20. The molecular formula is C18H14ClFN4O5S. The average Bonchev–Trinajstić information content (AvgIpc) is 3.22. The van der Waals surface area contributed by atoms with Crippen LogP contribution in [0.2, 0.25) is 5.02 Å². The first-order valence-electron chi connectivity index (χ1n) is 8.32. The fourth-order valence-corrected chi connectivity index (χ4v) is 3.50. The molecule has 30 heavy (non-hydrogen) atoms. The summed E-state index contributed by atoms with van der Waals surface area (Å²) in [6.07, 6.45) is 0. The molecule has 0 spiro atoms. The molecule has 3 aromatic rings. The first-order chi connectivity index (χ1) is 14.3. The lowest BCUT2D eigenvalue weighted by molar-refractivity contribution is 0.0841. The molecule has 0 aliphatic rings. The molecule has 12 heteroatoms. The van der Waals surface area contributed by atoms with Gasteiger partial charge in [-0.15, -0.1) is 0 Å². The molecule has 0 bridgehead atoms. The van der Waals surface area contributed by atoms with Gasteiger partial charge in [-0.05, 0) is 30.3 Å². The summed E-state index contributed by atoms with van der Waals surface area (Å²) in [6.45, 7) is -0.325. The van der Waals surface area contributed by atoms with E-state index in [0.717, 1.165) is 18.2 Å². The Labute approximate surface area is 175 Å². The number of amides is 2. The fourth-order valence-electron chi connectivity index (χ4n) is 2.24. The van der Waals surface area contributed by atoms with E-state index in [2.05, 4.69) is 20.7 Å². The van der Waals surface area contributed by atoms with E-state index < -0.39 is 27.7 Å². The fraction of sp³-hybridized carbons (Fsp3) is 0.0556. The van der Waals surface area contributed by atoms with Gasteiger partial charge in [0.25, 0.3) is 11.8 Å². The van der Waals surface area contributed by atoms with Crippen LogP contribution in [0, 0.1) is 5.82 Å². The molecule has 1 heterocycles. The van der Waals surface area contributed by atoms with Gasteiger partial charge in [-0.3, -0.25) is 20.4 Å². The molecule has 9 nitrogen and oxygen atoms in total. The van der Waals surface area contributed by atoms with E-state index in [0.29, 0.717) is 5.56 Å². The normalized spacial score (nSPS) is 11.1. The SMILES string of the molecule is O=C(NNC(=O)c1cc(CNS(=O)(=O)c2ccc(F)c(Cl)c2)on1)c1ccccc1. The van der Waals surface area contributed by atoms with Crippen LogP contribution in [0.15, 0.2) is 64.0 Å². The zero-order chi connectivity index (χ0) is 21.7. The summed E-state index contributed by atoms with van der Waals surface area (Å²) in [7, 11) is -4.01. The summed E-state index contributed by atoms with van der Waals surface area (Å²) in [6, 6.07) is 12.4. The summed E-state index contributed by atoms with van der Waals surface area (Å²) < 4.78 is 44.8. The number of benzene rings is 2. The quantitative estimate of drug-likeness (QED) is 0.490. The maximum atomic E-state index is 13.2. The molecule has 156 valence electrons. The largest absolute Gasteiger partial charge is 0.359 e. The lowest BCUT2D eigenvalue weighted by Gasteiger charge is -2.05. The first kappa shape index (κ1) is 21.4. The predicted octanol–water partition coefficient (Wildman–Crippen LogP) is 2.02. The molecule has 2 aromatic carbocycles. The highest BCUT2D eigenvalue weighted by molar-refractivity contribution is 7.89.